The number of carbonyl (C=O) groups is 1. The molecule has 100 valence electrons. The van der Waals surface area contributed by atoms with Crippen LogP contribution in [0.15, 0.2) is 35.0 Å². The summed E-state index contributed by atoms with van der Waals surface area (Å²) in [6, 6.07) is 7.43. The summed E-state index contributed by atoms with van der Waals surface area (Å²) in [4.78, 5) is 13.1. The van der Waals surface area contributed by atoms with Gasteiger partial charge in [-0.2, -0.15) is 11.3 Å². The highest BCUT2D eigenvalue weighted by atomic mass is 32.1. The van der Waals surface area contributed by atoms with E-state index < -0.39 is 5.97 Å². The largest absolute Gasteiger partial charge is 0.478 e. The third kappa shape index (κ3) is 3.66. The lowest BCUT2D eigenvalue weighted by atomic mass is 10.0. The van der Waals surface area contributed by atoms with Crippen LogP contribution in [0.25, 0.3) is 0 Å². The van der Waals surface area contributed by atoms with Gasteiger partial charge >= 0.3 is 5.97 Å². The summed E-state index contributed by atoms with van der Waals surface area (Å²) >= 11 is 1.70. The van der Waals surface area contributed by atoms with E-state index in [2.05, 4.69) is 28.8 Å². The van der Waals surface area contributed by atoms with Crippen molar-refractivity contribution in [3.63, 3.8) is 0 Å². The summed E-state index contributed by atoms with van der Waals surface area (Å²) in [7, 11) is 2.07. The topological polar surface area (TPSA) is 40.5 Å². The van der Waals surface area contributed by atoms with Crippen LogP contribution in [0.4, 0.5) is 0 Å². The Labute approximate surface area is 117 Å². The van der Waals surface area contributed by atoms with Crippen molar-refractivity contribution in [3.05, 3.63) is 57.3 Å². The number of hydrogen-bond acceptors (Lipinski definition) is 3. The SMILES string of the molecule is Cc1cc(C(=O)O)ccc1CN(C)Cc1ccsc1. The maximum absolute atomic E-state index is 10.9. The minimum absolute atomic E-state index is 0.349. The molecule has 1 N–H and O–H groups in total. The van der Waals surface area contributed by atoms with Crippen LogP contribution in [0.5, 0.6) is 0 Å². The van der Waals surface area contributed by atoms with Crippen LogP contribution in [0.3, 0.4) is 0 Å². The van der Waals surface area contributed by atoms with Crippen molar-refractivity contribution >= 4 is 17.3 Å². The first-order chi connectivity index (χ1) is 9.06. The van der Waals surface area contributed by atoms with E-state index in [0.29, 0.717) is 5.56 Å². The molecule has 3 nitrogen and oxygen atoms in total. The Balaban J connectivity index is 2.04. The fourth-order valence-corrected chi connectivity index (χ4v) is 2.71. The molecule has 1 heterocycles. The maximum atomic E-state index is 10.9. The average molecular weight is 275 g/mol. The predicted molar refractivity (Wildman–Crippen MR) is 77.6 cm³/mol. The third-order valence-corrected chi connectivity index (χ3v) is 3.79. The molecule has 0 spiro atoms. The third-order valence-electron chi connectivity index (χ3n) is 3.06. The van der Waals surface area contributed by atoms with Crippen LogP contribution in [0, 0.1) is 6.92 Å². The van der Waals surface area contributed by atoms with E-state index >= 15 is 0 Å². The number of rotatable bonds is 5. The first-order valence-corrected chi connectivity index (χ1v) is 7.03. The molecular formula is C15H17NO2S. The Hall–Kier alpha value is -1.65. The lowest BCUT2D eigenvalue weighted by Crippen LogP contribution is -2.17. The quantitative estimate of drug-likeness (QED) is 0.909. The number of carboxylic acid groups (broad SMARTS) is 1. The van der Waals surface area contributed by atoms with Crippen LogP contribution in [-0.2, 0) is 13.1 Å². The van der Waals surface area contributed by atoms with Gasteiger partial charge in [-0.05, 0) is 59.6 Å². The zero-order chi connectivity index (χ0) is 13.8. The lowest BCUT2D eigenvalue weighted by molar-refractivity contribution is 0.0697. The van der Waals surface area contributed by atoms with Crippen molar-refractivity contribution in [2.24, 2.45) is 0 Å². The molecule has 0 aliphatic heterocycles. The highest BCUT2D eigenvalue weighted by molar-refractivity contribution is 7.07. The van der Waals surface area contributed by atoms with Gasteiger partial charge in [0.1, 0.15) is 0 Å². The van der Waals surface area contributed by atoms with Crippen LogP contribution in [0.1, 0.15) is 27.0 Å². The maximum Gasteiger partial charge on any atom is 0.335 e. The highest BCUT2D eigenvalue weighted by Gasteiger charge is 2.08. The summed E-state index contributed by atoms with van der Waals surface area (Å²) in [5, 5.41) is 13.2. The molecule has 1 aromatic carbocycles. The highest BCUT2D eigenvalue weighted by Crippen LogP contribution is 2.15. The van der Waals surface area contributed by atoms with Gasteiger partial charge in [0.05, 0.1) is 5.56 Å². The first kappa shape index (κ1) is 13.8. The van der Waals surface area contributed by atoms with Crippen molar-refractivity contribution in [3.8, 4) is 0 Å². The van der Waals surface area contributed by atoms with Crippen molar-refractivity contribution in [2.75, 3.05) is 7.05 Å². The molecule has 0 saturated heterocycles. The van der Waals surface area contributed by atoms with E-state index in [4.69, 9.17) is 5.11 Å². The smallest absolute Gasteiger partial charge is 0.335 e. The molecule has 0 bridgehead atoms. The molecule has 2 aromatic rings. The summed E-state index contributed by atoms with van der Waals surface area (Å²) in [5.41, 5.74) is 3.86. The van der Waals surface area contributed by atoms with Crippen LogP contribution in [-0.4, -0.2) is 23.0 Å². The average Bonchev–Trinajstić information content (AvgIpc) is 2.84. The summed E-state index contributed by atoms with van der Waals surface area (Å²) in [6.45, 7) is 3.69. The standard InChI is InChI=1S/C15H17NO2S/c1-11-7-13(15(17)18)3-4-14(11)9-16(2)8-12-5-6-19-10-12/h3-7,10H,8-9H2,1-2H3,(H,17,18). The normalized spacial score (nSPS) is 10.9. The van der Waals surface area contributed by atoms with Crippen LogP contribution < -0.4 is 0 Å². The molecule has 0 saturated carbocycles. The molecule has 0 unspecified atom stereocenters. The molecule has 0 radical (unpaired) electrons. The molecule has 0 amide bonds. The second kappa shape index (κ2) is 5.99. The van der Waals surface area contributed by atoms with Gasteiger partial charge in [-0.15, -0.1) is 0 Å². The Morgan fingerprint density at radius 2 is 2.11 bits per heavy atom. The van der Waals surface area contributed by atoms with E-state index in [1.807, 2.05) is 13.0 Å². The first-order valence-electron chi connectivity index (χ1n) is 6.08. The Morgan fingerprint density at radius 1 is 1.32 bits per heavy atom. The summed E-state index contributed by atoms with van der Waals surface area (Å²) in [5.74, 6) is -0.874. The fraction of sp³-hybridized carbons (Fsp3) is 0.267. The molecule has 0 fully saturated rings. The Bertz CT molecular complexity index is 564. The number of thiophene rings is 1. The van der Waals surface area contributed by atoms with Gasteiger partial charge in [0, 0.05) is 13.1 Å². The van der Waals surface area contributed by atoms with Gasteiger partial charge in [-0.3, -0.25) is 4.90 Å². The summed E-state index contributed by atoms with van der Waals surface area (Å²) in [6.07, 6.45) is 0. The van der Waals surface area contributed by atoms with Crippen molar-refractivity contribution in [1.29, 1.82) is 0 Å². The van der Waals surface area contributed by atoms with Gasteiger partial charge in [0.2, 0.25) is 0 Å². The molecule has 19 heavy (non-hydrogen) atoms. The fourth-order valence-electron chi connectivity index (χ4n) is 2.05. The molecule has 1 aromatic heterocycles. The zero-order valence-electron chi connectivity index (χ0n) is 11.1. The number of nitrogens with zero attached hydrogens (tertiary/aromatic N) is 1. The van der Waals surface area contributed by atoms with Gasteiger partial charge in [-0.1, -0.05) is 6.07 Å². The van der Waals surface area contributed by atoms with Crippen LogP contribution >= 0.6 is 11.3 Å². The van der Waals surface area contributed by atoms with Crippen molar-refractivity contribution in [1.82, 2.24) is 4.90 Å². The van der Waals surface area contributed by atoms with Gasteiger partial charge < -0.3 is 5.11 Å². The van der Waals surface area contributed by atoms with Crippen LogP contribution in [0.2, 0.25) is 0 Å². The summed E-state index contributed by atoms with van der Waals surface area (Å²) < 4.78 is 0. The zero-order valence-corrected chi connectivity index (χ0v) is 11.9. The van der Waals surface area contributed by atoms with Gasteiger partial charge in [-0.25, -0.2) is 4.79 Å². The molecule has 4 heteroatoms. The molecular weight excluding hydrogens is 258 g/mol. The number of hydrogen-bond donors (Lipinski definition) is 1. The number of benzene rings is 1. The molecule has 2 rings (SSSR count). The Kier molecular flexibility index (Phi) is 4.35. The number of aryl methyl sites for hydroxylation is 1. The lowest BCUT2D eigenvalue weighted by Gasteiger charge is -2.17. The minimum Gasteiger partial charge on any atom is -0.478 e. The molecule has 0 atom stereocenters. The predicted octanol–water partition coefficient (Wildman–Crippen LogP) is 3.39. The second-order valence-corrected chi connectivity index (χ2v) is 5.53. The van der Waals surface area contributed by atoms with E-state index in [1.165, 1.54) is 11.1 Å². The molecule has 0 aliphatic carbocycles. The van der Waals surface area contributed by atoms with E-state index in [9.17, 15) is 4.79 Å². The van der Waals surface area contributed by atoms with E-state index in [1.54, 1.807) is 23.5 Å². The second-order valence-electron chi connectivity index (χ2n) is 4.75. The van der Waals surface area contributed by atoms with Gasteiger partial charge in [0.15, 0.2) is 0 Å². The number of aromatic carboxylic acids is 1. The van der Waals surface area contributed by atoms with E-state index in [-0.39, 0.29) is 0 Å². The van der Waals surface area contributed by atoms with Crippen molar-refractivity contribution < 1.29 is 9.90 Å². The number of carboxylic acids is 1. The Morgan fingerprint density at radius 3 is 2.68 bits per heavy atom. The van der Waals surface area contributed by atoms with Gasteiger partial charge in [0.25, 0.3) is 0 Å². The van der Waals surface area contributed by atoms with Crippen molar-refractivity contribution in [2.45, 2.75) is 20.0 Å². The monoisotopic (exact) mass is 275 g/mol. The molecule has 0 aliphatic rings. The minimum atomic E-state index is -0.874. The van der Waals surface area contributed by atoms with E-state index in [0.717, 1.165) is 18.7 Å².